The van der Waals surface area contributed by atoms with Gasteiger partial charge in [0.2, 0.25) is 0 Å². The van der Waals surface area contributed by atoms with Crippen LogP contribution in [0.4, 0.5) is 0 Å². The van der Waals surface area contributed by atoms with Crippen LogP contribution in [0.3, 0.4) is 0 Å². The van der Waals surface area contributed by atoms with Crippen LogP contribution >= 0.6 is 0 Å². The third-order valence-corrected chi connectivity index (χ3v) is 2.41. The summed E-state index contributed by atoms with van der Waals surface area (Å²) in [4.78, 5) is 0. The highest BCUT2D eigenvalue weighted by Gasteiger charge is 2.21. The molecule has 3 N–H and O–H groups in total. The summed E-state index contributed by atoms with van der Waals surface area (Å²) in [5.41, 5.74) is 5.42. The van der Waals surface area contributed by atoms with E-state index in [0.717, 1.165) is 18.5 Å². The van der Waals surface area contributed by atoms with Gasteiger partial charge in [-0.1, -0.05) is 6.92 Å². The number of hydrogen-bond donors (Lipinski definition) is 2. The maximum absolute atomic E-state index is 5.42. The van der Waals surface area contributed by atoms with Gasteiger partial charge in [0.1, 0.15) is 0 Å². The van der Waals surface area contributed by atoms with Crippen molar-refractivity contribution in [2.75, 3.05) is 13.1 Å². The third kappa shape index (κ3) is 1.96. The van der Waals surface area contributed by atoms with Crippen LogP contribution in [0.15, 0.2) is 0 Å². The van der Waals surface area contributed by atoms with E-state index >= 15 is 0 Å². The Kier molecular flexibility index (Phi) is 3.16. The molecule has 2 unspecified atom stereocenters. The van der Waals surface area contributed by atoms with Crippen molar-refractivity contribution in [3.8, 4) is 0 Å². The van der Waals surface area contributed by atoms with E-state index in [-0.39, 0.29) is 0 Å². The molecule has 1 heterocycles. The van der Waals surface area contributed by atoms with E-state index in [1.54, 1.807) is 0 Å². The average Bonchev–Trinajstić information content (AvgIpc) is 2.31. The molecule has 0 saturated carbocycles. The summed E-state index contributed by atoms with van der Waals surface area (Å²) in [6.07, 6.45) is 3.77. The SMILES string of the molecule is CC1CCNC1CCCN. The molecule has 1 fully saturated rings. The van der Waals surface area contributed by atoms with Crippen LogP contribution in [0.5, 0.6) is 0 Å². The first-order valence-corrected chi connectivity index (χ1v) is 4.28. The topological polar surface area (TPSA) is 38.0 Å². The van der Waals surface area contributed by atoms with Gasteiger partial charge >= 0.3 is 0 Å². The Morgan fingerprint density at radius 2 is 2.40 bits per heavy atom. The van der Waals surface area contributed by atoms with E-state index in [1.807, 2.05) is 0 Å². The van der Waals surface area contributed by atoms with Crippen molar-refractivity contribution in [3.05, 3.63) is 0 Å². The Balaban J connectivity index is 2.14. The van der Waals surface area contributed by atoms with Crippen molar-refractivity contribution in [2.45, 2.75) is 32.2 Å². The summed E-state index contributed by atoms with van der Waals surface area (Å²) >= 11 is 0. The van der Waals surface area contributed by atoms with Gasteiger partial charge in [0.15, 0.2) is 0 Å². The molecular weight excluding hydrogens is 124 g/mol. The predicted molar refractivity (Wildman–Crippen MR) is 43.9 cm³/mol. The van der Waals surface area contributed by atoms with Crippen molar-refractivity contribution < 1.29 is 0 Å². The predicted octanol–water partition coefficient (Wildman–Crippen LogP) is 0.723. The first kappa shape index (κ1) is 8.02. The van der Waals surface area contributed by atoms with Crippen LogP contribution in [0.25, 0.3) is 0 Å². The minimum Gasteiger partial charge on any atom is -0.330 e. The maximum atomic E-state index is 5.42. The summed E-state index contributed by atoms with van der Waals surface area (Å²) < 4.78 is 0. The second kappa shape index (κ2) is 3.94. The first-order valence-electron chi connectivity index (χ1n) is 4.28. The molecular formula is C8H18N2. The summed E-state index contributed by atoms with van der Waals surface area (Å²) in [6, 6.07) is 0.753. The molecule has 0 spiro atoms. The molecule has 0 radical (unpaired) electrons. The molecule has 2 nitrogen and oxygen atoms in total. The van der Waals surface area contributed by atoms with Gasteiger partial charge in [0.25, 0.3) is 0 Å². The quantitative estimate of drug-likeness (QED) is 0.609. The van der Waals surface area contributed by atoms with Crippen LogP contribution in [-0.4, -0.2) is 19.1 Å². The molecule has 0 aliphatic carbocycles. The fourth-order valence-electron chi connectivity index (χ4n) is 1.62. The van der Waals surface area contributed by atoms with Gasteiger partial charge in [0, 0.05) is 6.04 Å². The highest BCUT2D eigenvalue weighted by molar-refractivity contribution is 4.80. The lowest BCUT2D eigenvalue weighted by molar-refractivity contribution is 0.444. The first-order chi connectivity index (χ1) is 4.84. The van der Waals surface area contributed by atoms with Crippen LogP contribution in [0.1, 0.15) is 26.2 Å². The largest absolute Gasteiger partial charge is 0.330 e. The van der Waals surface area contributed by atoms with E-state index in [9.17, 15) is 0 Å². The molecule has 2 atom stereocenters. The van der Waals surface area contributed by atoms with Crippen molar-refractivity contribution in [1.29, 1.82) is 0 Å². The second-order valence-corrected chi connectivity index (χ2v) is 3.26. The summed E-state index contributed by atoms with van der Waals surface area (Å²) in [5.74, 6) is 0.867. The fraction of sp³-hybridized carbons (Fsp3) is 1.00. The van der Waals surface area contributed by atoms with Crippen molar-refractivity contribution in [3.63, 3.8) is 0 Å². The van der Waals surface area contributed by atoms with Gasteiger partial charge in [-0.15, -0.1) is 0 Å². The van der Waals surface area contributed by atoms with Crippen LogP contribution in [-0.2, 0) is 0 Å². The van der Waals surface area contributed by atoms with Crippen LogP contribution in [0.2, 0.25) is 0 Å². The van der Waals surface area contributed by atoms with Crippen molar-refractivity contribution in [2.24, 2.45) is 11.7 Å². The highest BCUT2D eigenvalue weighted by Crippen LogP contribution is 2.17. The number of rotatable bonds is 3. The third-order valence-electron chi connectivity index (χ3n) is 2.41. The van der Waals surface area contributed by atoms with Gasteiger partial charge in [-0.2, -0.15) is 0 Å². The van der Waals surface area contributed by atoms with Gasteiger partial charge in [-0.05, 0) is 38.3 Å². The van der Waals surface area contributed by atoms with E-state index in [0.29, 0.717) is 0 Å². The molecule has 0 aromatic rings. The molecule has 0 amide bonds. The molecule has 1 aliphatic rings. The van der Waals surface area contributed by atoms with E-state index in [2.05, 4.69) is 12.2 Å². The molecule has 10 heavy (non-hydrogen) atoms. The minimum absolute atomic E-state index is 0.753. The molecule has 60 valence electrons. The van der Waals surface area contributed by atoms with Crippen molar-refractivity contribution in [1.82, 2.24) is 5.32 Å². The molecule has 0 aromatic heterocycles. The van der Waals surface area contributed by atoms with Gasteiger partial charge < -0.3 is 11.1 Å². The second-order valence-electron chi connectivity index (χ2n) is 3.26. The smallest absolute Gasteiger partial charge is 0.00936 e. The van der Waals surface area contributed by atoms with Gasteiger partial charge in [0.05, 0.1) is 0 Å². The Morgan fingerprint density at radius 3 is 2.90 bits per heavy atom. The maximum Gasteiger partial charge on any atom is 0.00936 e. The fourth-order valence-corrected chi connectivity index (χ4v) is 1.62. The number of hydrogen-bond acceptors (Lipinski definition) is 2. The number of nitrogens with two attached hydrogens (primary N) is 1. The van der Waals surface area contributed by atoms with Crippen molar-refractivity contribution >= 4 is 0 Å². The van der Waals surface area contributed by atoms with Crippen LogP contribution < -0.4 is 11.1 Å². The van der Waals surface area contributed by atoms with Gasteiger partial charge in [-0.25, -0.2) is 0 Å². The number of nitrogens with one attached hydrogen (secondary N) is 1. The normalized spacial score (nSPS) is 33.0. The summed E-state index contributed by atoms with van der Waals surface area (Å²) in [7, 11) is 0. The molecule has 1 saturated heterocycles. The lowest BCUT2D eigenvalue weighted by Gasteiger charge is -2.13. The molecule has 2 heteroatoms. The average molecular weight is 142 g/mol. The van der Waals surface area contributed by atoms with E-state index < -0.39 is 0 Å². The summed E-state index contributed by atoms with van der Waals surface area (Å²) in [6.45, 7) is 4.36. The van der Waals surface area contributed by atoms with Crippen LogP contribution in [0, 0.1) is 5.92 Å². The Bertz CT molecular complexity index is 93.3. The summed E-state index contributed by atoms with van der Waals surface area (Å²) in [5, 5.41) is 3.49. The van der Waals surface area contributed by atoms with Gasteiger partial charge in [-0.3, -0.25) is 0 Å². The zero-order valence-corrected chi connectivity index (χ0v) is 6.77. The van der Waals surface area contributed by atoms with E-state index in [4.69, 9.17) is 5.73 Å². The standard InChI is InChI=1S/C8H18N2/c1-7-4-6-10-8(7)3-2-5-9/h7-8,10H,2-6,9H2,1H3. The lowest BCUT2D eigenvalue weighted by Crippen LogP contribution is -2.26. The Hall–Kier alpha value is -0.0800. The minimum atomic E-state index is 0.753. The van der Waals surface area contributed by atoms with E-state index in [1.165, 1.54) is 25.8 Å². The molecule has 1 rings (SSSR count). The lowest BCUT2D eigenvalue weighted by atomic mass is 9.99. The molecule has 0 aromatic carbocycles. The Morgan fingerprint density at radius 1 is 1.60 bits per heavy atom. The zero-order valence-electron chi connectivity index (χ0n) is 6.77. The molecule has 1 aliphatic heterocycles. The zero-order chi connectivity index (χ0) is 7.40. The Labute approximate surface area is 63.2 Å². The molecule has 0 bridgehead atoms. The monoisotopic (exact) mass is 142 g/mol. The highest BCUT2D eigenvalue weighted by atomic mass is 14.9.